The van der Waals surface area contributed by atoms with Crippen LogP contribution in [0.2, 0.25) is 0 Å². The summed E-state index contributed by atoms with van der Waals surface area (Å²) in [5.41, 5.74) is 4.98. The molecule has 0 spiro atoms. The Morgan fingerprint density at radius 2 is 1.92 bits per heavy atom. The number of aromatic nitrogens is 1. The summed E-state index contributed by atoms with van der Waals surface area (Å²) in [6, 6.07) is 3.91. The van der Waals surface area contributed by atoms with Crippen molar-refractivity contribution in [3.05, 3.63) is 46.5 Å². The molecule has 0 unspecified atom stereocenters. The zero-order valence-corrected chi connectivity index (χ0v) is 13.7. The Morgan fingerprint density at radius 1 is 1.25 bits per heavy atom. The summed E-state index contributed by atoms with van der Waals surface area (Å²) in [6.07, 6.45) is -4.44. The molecule has 0 saturated carbocycles. The number of nitrogens with zero attached hydrogens (tertiary/aromatic N) is 1. The smallest absolute Gasteiger partial charge is 0.369 e. The highest BCUT2D eigenvalue weighted by molar-refractivity contribution is 7.99. The van der Waals surface area contributed by atoms with E-state index in [9.17, 15) is 22.8 Å². The quantitative estimate of drug-likeness (QED) is 0.812. The van der Waals surface area contributed by atoms with Crippen LogP contribution < -0.4 is 11.1 Å². The Labute approximate surface area is 143 Å². The van der Waals surface area contributed by atoms with Crippen LogP contribution in [0.15, 0.2) is 29.6 Å². The van der Waals surface area contributed by atoms with E-state index in [1.54, 1.807) is 5.38 Å². The maximum atomic E-state index is 12.5. The molecule has 3 N–H and O–H groups in total. The fraction of sp³-hybridized carbons (Fsp3) is 0.214. The van der Waals surface area contributed by atoms with Crippen molar-refractivity contribution in [2.24, 2.45) is 5.73 Å². The minimum absolute atomic E-state index is 0.0999. The van der Waals surface area contributed by atoms with Crippen molar-refractivity contribution in [3.63, 3.8) is 0 Å². The highest BCUT2D eigenvalue weighted by atomic mass is 32.2. The maximum absolute atomic E-state index is 12.5. The fourth-order valence-corrected chi connectivity index (χ4v) is 3.14. The zero-order chi connectivity index (χ0) is 17.7. The topological polar surface area (TPSA) is 85.1 Å². The second-order valence-corrected chi connectivity index (χ2v) is 6.48. The molecular formula is C14H12F3N3O2S2. The van der Waals surface area contributed by atoms with Crippen molar-refractivity contribution in [3.8, 4) is 0 Å². The summed E-state index contributed by atoms with van der Waals surface area (Å²) in [6.45, 7) is 0. The molecule has 0 saturated heterocycles. The van der Waals surface area contributed by atoms with Gasteiger partial charge in [0, 0.05) is 16.7 Å². The van der Waals surface area contributed by atoms with Gasteiger partial charge in [0.1, 0.15) is 0 Å². The first-order chi connectivity index (χ1) is 11.3. The van der Waals surface area contributed by atoms with E-state index in [0.29, 0.717) is 16.6 Å². The number of hydrogen-bond acceptors (Lipinski definition) is 5. The SMILES string of the molecule is NC(=O)CSCc1csc(NC(=O)c2ccc(C(F)(F)F)cc2)n1. The number of anilines is 1. The predicted molar refractivity (Wildman–Crippen MR) is 86.9 cm³/mol. The summed E-state index contributed by atoms with van der Waals surface area (Å²) in [7, 11) is 0. The lowest BCUT2D eigenvalue weighted by Gasteiger charge is -2.07. The van der Waals surface area contributed by atoms with Gasteiger partial charge in [0.05, 0.1) is 17.0 Å². The van der Waals surface area contributed by atoms with Crippen LogP contribution in [0.5, 0.6) is 0 Å². The van der Waals surface area contributed by atoms with Gasteiger partial charge >= 0.3 is 6.18 Å². The molecule has 0 fully saturated rings. The van der Waals surface area contributed by atoms with E-state index in [-0.39, 0.29) is 11.3 Å². The largest absolute Gasteiger partial charge is 0.416 e. The number of carbonyl (C=O) groups is 2. The van der Waals surface area contributed by atoms with Gasteiger partial charge in [-0.2, -0.15) is 13.2 Å². The van der Waals surface area contributed by atoms with Gasteiger partial charge in [-0.05, 0) is 24.3 Å². The third-order valence-corrected chi connectivity index (χ3v) is 4.54. The monoisotopic (exact) mass is 375 g/mol. The van der Waals surface area contributed by atoms with Crippen LogP contribution >= 0.6 is 23.1 Å². The van der Waals surface area contributed by atoms with Crippen LogP contribution in [0.4, 0.5) is 18.3 Å². The zero-order valence-electron chi connectivity index (χ0n) is 12.1. The molecule has 0 atom stereocenters. The molecule has 24 heavy (non-hydrogen) atoms. The molecule has 10 heteroatoms. The summed E-state index contributed by atoms with van der Waals surface area (Å²) >= 11 is 2.48. The van der Waals surface area contributed by atoms with Gasteiger partial charge in [-0.15, -0.1) is 23.1 Å². The third kappa shape index (κ3) is 5.24. The molecule has 1 heterocycles. The number of amides is 2. The Balaban J connectivity index is 1.95. The first kappa shape index (κ1) is 18.3. The van der Waals surface area contributed by atoms with Crippen LogP contribution in [0.3, 0.4) is 0 Å². The van der Waals surface area contributed by atoms with E-state index in [1.807, 2.05) is 0 Å². The molecule has 1 aromatic carbocycles. The Bertz CT molecular complexity index is 730. The molecular weight excluding hydrogens is 363 g/mol. The number of nitrogens with two attached hydrogens (primary N) is 1. The number of nitrogens with one attached hydrogen (secondary N) is 1. The summed E-state index contributed by atoms with van der Waals surface area (Å²) in [5.74, 6) is -0.333. The minimum atomic E-state index is -4.44. The number of benzene rings is 1. The van der Waals surface area contributed by atoms with Crippen LogP contribution in [0.1, 0.15) is 21.6 Å². The number of halogens is 3. The Morgan fingerprint density at radius 3 is 2.50 bits per heavy atom. The molecule has 5 nitrogen and oxygen atoms in total. The van der Waals surface area contributed by atoms with Crippen LogP contribution in [0, 0.1) is 0 Å². The predicted octanol–water partition coefficient (Wildman–Crippen LogP) is 3.13. The van der Waals surface area contributed by atoms with E-state index in [1.165, 1.54) is 23.1 Å². The molecule has 0 radical (unpaired) electrons. The van der Waals surface area contributed by atoms with Crippen molar-refractivity contribution < 1.29 is 22.8 Å². The second kappa shape index (κ2) is 7.67. The van der Waals surface area contributed by atoms with Gasteiger partial charge in [0.15, 0.2) is 5.13 Å². The van der Waals surface area contributed by atoms with Crippen LogP contribution in [-0.2, 0) is 16.7 Å². The van der Waals surface area contributed by atoms with Gasteiger partial charge in [0.2, 0.25) is 5.91 Å². The molecule has 1 aromatic heterocycles. The molecule has 2 aromatic rings. The summed E-state index contributed by atoms with van der Waals surface area (Å²) in [4.78, 5) is 26.8. The third-order valence-electron chi connectivity index (χ3n) is 2.74. The number of rotatable bonds is 6. The highest BCUT2D eigenvalue weighted by Gasteiger charge is 2.30. The van der Waals surface area contributed by atoms with Gasteiger partial charge in [-0.1, -0.05) is 0 Å². The lowest BCUT2D eigenvalue weighted by Crippen LogP contribution is -2.13. The van der Waals surface area contributed by atoms with E-state index < -0.39 is 23.6 Å². The fourth-order valence-electron chi connectivity index (χ4n) is 1.67. The van der Waals surface area contributed by atoms with Gasteiger partial charge in [-0.25, -0.2) is 4.98 Å². The molecule has 0 aliphatic carbocycles. The van der Waals surface area contributed by atoms with Gasteiger partial charge in [-0.3, -0.25) is 14.9 Å². The standard InChI is InChI=1S/C14H12F3N3O2S2/c15-14(16,17)9-3-1-8(2-4-9)12(22)20-13-19-10(6-24-13)5-23-7-11(18)21/h1-4,6H,5,7H2,(H2,18,21)(H,19,20,22). The Hall–Kier alpha value is -2.07. The molecule has 0 bridgehead atoms. The van der Waals surface area contributed by atoms with Gasteiger partial charge in [0.25, 0.3) is 5.91 Å². The summed E-state index contributed by atoms with van der Waals surface area (Å²) < 4.78 is 37.4. The Kier molecular flexibility index (Phi) is 5.84. The lowest BCUT2D eigenvalue weighted by molar-refractivity contribution is -0.137. The first-order valence-corrected chi connectivity index (χ1v) is 8.58. The van der Waals surface area contributed by atoms with Crippen molar-refractivity contribution in [1.29, 1.82) is 0 Å². The second-order valence-electron chi connectivity index (χ2n) is 4.63. The average Bonchev–Trinajstić information content (AvgIpc) is 2.93. The van der Waals surface area contributed by atoms with Crippen molar-refractivity contribution in [1.82, 2.24) is 4.98 Å². The molecule has 2 rings (SSSR count). The number of thiazole rings is 1. The minimum Gasteiger partial charge on any atom is -0.369 e. The number of hydrogen-bond donors (Lipinski definition) is 2. The number of thioether (sulfide) groups is 1. The number of alkyl halides is 3. The van der Waals surface area contributed by atoms with Crippen molar-refractivity contribution in [2.75, 3.05) is 11.1 Å². The number of carbonyl (C=O) groups excluding carboxylic acids is 2. The molecule has 128 valence electrons. The van der Waals surface area contributed by atoms with Crippen molar-refractivity contribution >= 4 is 40.0 Å². The van der Waals surface area contributed by atoms with Crippen LogP contribution in [0.25, 0.3) is 0 Å². The molecule has 0 aliphatic heterocycles. The van der Waals surface area contributed by atoms with E-state index in [0.717, 1.165) is 24.3 Å². The molecule has 0 aliphatic rings. The van der Waals surface area contributed by atoms with Gasteiger partial charge < -0.3 is 5.73 Å². The van der Waals surface area contributed by atoms with E-state index in [2.05, 4.69) is 10.3 Å². The normalized spacial score (nSPS) is 11.3. The molecule has 2 amide bonds. The van der Waals surface area contributed by atoms with E-state index in [4.69, 9.17) is 5.73 Å². The maximum Gasteiger partial charge on any atom is 0.416 e. The number of primary amides is 1. The highest BCUT2D eigenvalue weighted by Crippen LogP contribution is 2.29. The lowest BCUT2D eigenvalue weighted by atomic mass is 10.1. The van der Waals surface area contributed by atoms with E-state index >= 15 is 0 Å². The van der Waals surface area contributed by atoms with Crippen LogP contribution in [-0.4, -0.2) is 22.6 Å². The van der Waals surface area contributed by atoms with Crippen molar-refractivity contribution in [2.45, 2.75) is 11.9 Å². The summed E-state index contributed by atoms with van der Waals surface area (Å²) in [5, 5.41) is 4.57. The first-order valence-electron chi connectivity index (χ1n) is 6.55. The average molecular weight is 375 g/mol.